The van der Waals surface area contributed by atoms with Crippen LogP contribution >= 0.6 is 11.6 Å². The molecule has 1 atom stereocenters. The smallest absolute Gasteiger partial charge is 0.413 e. The van der Waals surface area contributed by atoms with Crippen LogP contribution in [-0.4, -0.2) is 35.2 Å². The van der Waals surface area contributed by atoms with E-state index in [4.69, 9.17) is 11.6 Å². The Labute approximate surface area is 166 Å². The third-order valence-electron chi connectivity index (χ3n) is 4.72. The summed E-state index contributed by atoms with van der Waals surface area (Å²) in [5.41, 5.74) is 2.81. The summed E-state index contributed by atoms with van der Waals surface area (Å²) < 4.78 is 3.37. The van der Waals surface area contributed by atoms with Crippen LogP contribution in [0.4, 0.5) is 10.6 Å². The van der Waals surface area contributed by atoms with Gasteiger partial charge in [0.1, 0.15) is 16.6 Å². The zero-order valence-electron chi connectivity index (χ0n) is 15.6. The van der Waals surface area contributed by atoms with E-state index in [1.165, 1.54) is 15.5 Å². The number of anilines is 1. The van der Waals surface area contributed by atoms with Crippen molar-refractivity contribution in [3.63, 3.8) is 0 Å². The Kier molecular flexibility index (Phi) is 4.43. The van der Waals surface area contributed by atoms with Crippen LogP contribution in [0.5, 0.6) is 0 Å². The van der Waals surface area contributed by atoms with Crippen LogP contribution in [0.3, 0.4) is 0 Å². The largest absolute Gasteiger partial charge is 0.465 e. The number of fused-ring (bicyclic) bond motifs is 2. The van der Waals surface area contributed by atoms with Gasteiger partial charge in [-0.1, -0.05) is 31.5 Å². The van der Waals surface area contributed by atoms with Crippen molar-refractivity contribution in [2.24, 2.45) is 0 Å². The maximum Gasteiger partial charge on any atom is 0.413 e. The van der Waals surface area contributed by atoms with Crippen molar-refractivity contribution in [1.82, 2.24) is 24.0 Å². The first-order valence-electron chi connectivity index (χ1n) is 8.86. The average molecular weight is 399 g/mol. The monoisotopic (exact) mass is 398 g/mol. The molecule has 4 heterocycles. The molecule has 28 heavy (non-hydrogen) atoms. The molecule has 9 heteroatoms. The highest BCUT2D eigenvalue weighted by molar-refractivity contribution is 6.29. The quantitative estimate of drug-likeness (QED) is 0.515. The third kappa shape index (κ3) is 2.95. The van der Waals surface area contributed by atoms with Gasteiger partial charge in [0.15, 0.2) is 5.65 Å². The molecule has 1 amide bonds. The molecule has 144 valence electrons. The minimum Gasteiger partial charge on any atom is -0.465 e. The molecule has 0 aliphatic heterocycles. The van der Waals surface area contributed by atoms with Crippen LogP contribution in [0.15, 0.2) is 42.9 Å². The number of imidazole rings is 1. The van der Waals surface area contributed by atoms with Crippen LogP contribution in [-0.2, 0) is 0 Å². The minimum atomic E-state index is -1.13. The summed E-state index contributed by atoms with van der Waals surface area (Å²) in [4.78, 5) is 22.3. The van der Waals surface area contributed by atoms with Crippen molar-refractivity contribution in [3.05, 3.63) is 59.3 Å². The van der Waals surface area contributed by atoms with E-state index in [0.29, 0.717) is 17.2 Å². The molecule has 4 rings (SSSR count). The molecule has 0 fully saturated rings. The van der Waals surface area contributed by atoms with Gasteiger partial charge in [0.2, 0.25) is 0 Å². The normalized spacial score (nSPS) is 12.8. The van der Waals surface area contributed by atoms with Crippen LogP contribution in [0, 0.1) is 0 Å². The number of nitrogens with zero attached hydrogens (tertiary/aromatic N) is 6. The second kappa shape index (κ2) is 6.79. The highest BCUT2D eigenvalue weighted by atomic mass is 35.5. The lowest BCUT2D eigenvalue weighted by molar-refractivity contribution is 0.199. The molecule has 0 radical (unpaired) electrons. The number of carbonyl (C=O) groups is 1. The highest BCUT2D eigenvalue weighted by Gasteiger charge is 2.28. The van der Waals surface area contributed by atoms with Crippen LogP contribution in [0.25, 0.3) is 11.3 Å². The molecule has 0 bridgehead atoms. The van der Waals surface area contributed by atoms with E-state index in [2.05, 4.69) is 15.1 Å². The number of carboxylic acid groups (broad SMARTS) is 1. The molecule has 8 nitrogen and oxygen atoms in total. The lowest BCUT2D eigenvalue weighted by Gasteiger charge is -2.25. The number of halogens is 1. The molecular weight excluding hydrogens is 380 g/mol. The second-order valence-electron chi connectivity index (χ2n) is 6.89. The SMILES string of the molecule is CC(C)c1cnn2c(N(C(=O)O)C(C)c3cn4ccccc4n3)cc(Cl)nc12. The van der Waals surface area contributed by atoms with Gasteiger partial charge in [-0.25, -0.2) is 14.8 Å². The minimum absolute atomic E-state index is 0.172. The molecule has 1 N–H and O–H groups in total. The predicted molar refractivity (Wildman–Crippen MR) is 106 cm³/mol. The molecule has 0 spiro atoms. The maximum absolute atomic E-state index is 12.2. The van der Waals surface area contributed by atoms with Crippen LogP contribution in [0.1, 0.15) is 44.0 Å². The molecule has 1 unspecified atom stereocenters. The Bertz CT molecular complexity index is 1150. The second-order valence-corrected chi connectivity index (χ2v) is 7.27. The molecular formula is C19H19ClN6O2. The molecule has 0 saturated heterocycles. The molecule has 4 aromatic heterocycles. The van der Waals surface area contributed by atoms with Gasteiger partial charge < -0.3 is 9.51 Å². The predicted octanol–water partition coefficient (Wildman–Crippen LogP) is 4.40. The number of amides is 1. The van der Waals surface area contributed by atoms with Gasteiger partial charge in [-0.2, -0.15) is 9.61 Å². The summed E-state index contributed by atoms with van der Waals surface area (Å²) in [6, 6.07) is 6.58. The van der Waals surface area contributed by atoms with Gasteiger partial charge in [0.25, 0.3) is 0 Å². The first kappa shape index (κ1) is 18.2. The lowest BCUT2D eigenvalue weighted by atomic mass is 10.1. The topological polar surface area (TPSA) is 88.0 Å². The Morgan fingerprint density at radius 2 is 2.04 bits per heavy atom. The summed E-state index contributed by atoms with van der Waals surface area (Å²) in [6.45, 7) is 5.82. The summed E-state index contributed by atoms with van der Waals surface area (Å²) in [5.74, 6) is 0.490. The van der Waals surface area contributed by atoms with E-state index in [-0.39, 0.29) is 11.1 Å². The average Bonchev–Trinajstić information content (AvgIpc) is 3.25. The molecule has 0 aromatic carbocycles. The van der Waals surface area contributed by atoms with Crippen LogP contribution < -0.4 is 4.90 Å². The van der Waals surface area contributed by atoms with Crippen molar-refractivity contribution in [3.8, 4) is 0 Å². The first-order valence-corrected chi connectivity index (χ1v) is 9.24. The van der Waals surface area contributed by atoms with Crippen molar-refractivity contribution in [1.29, 1.82) is 0 Å². The number of rotatable bonds is 4. The van der Waals surface area contributed by atoms with Crippen molar-refractivity contribution in [2.45, 2.75) is 32.7 Å². The zero-order chi connectivity index (χ0) is 20.0. The molecule has 0 saturated carbocycles. The summed E-state index contributed by atoms with van der Waals surface area (Å²) >= 11 is 6.23. The van der Waals surface area contributed by atoms with Crippen molar-refractivity contribution in [2.75, 3.05) is 4.90 Å². The van der Waals surface area contributed by atoms with Crippen LogP contribution in [0.2, 0.25) is 5.15 Å². The Morgan fingerprint density at radius 3 is 2.71 bits per heavy atom. The number of pyridine rings is 1. The van der Waals surface area contributed by atoms with E-state index in [9.17, 15) is 9.90 Å². The van der Waals surface area contributed by atoms with Crippen molar-refractivity contribution >= 4 is 34.8 Å². The number of aromatic nitrogens is 5. The number of hydrogen-bond acceptors (Lipinski definition) is 4. The summed E-state index contributed by atoms with van der Waals surface area (Å²) in [5, 5.41) is 14.6. The Hall–Kier alpha value is -3.13. The van der Waals surface area contributed by atoms with E-state index >= 15 is 0 Å². The lowest BCUT2D eigenvalue weighted by Crippen LogP contribution is -2.34. The van der Waals surface area contributed by atoms with E-state index in [1.807, 2.05) is 48.8 Å². The fourth-order valence-corrected chi connectivity index (χ4v) is 3.44. The molecule has 0 aliphatic rings. The highest BCUT2D eigenvalue weighted by Crippen LogP contribution is 2.31. The Balaban J connectivity index is 1.87. The van der Waals surface area contributed by atoms with E-state index < -0.39 is 12.1 Å². The maximum atomic E-state index is 12.2. The fourth-order valence-electron chi connectivity index (χ4n) is 3.26. The van der Waals surface area contributed by atoms with Gasteiger partial charge >= 0.3 is 6.09 Å². The Morgan fingerprint density at radius 1 is 1.25 bits per heavy atom. The van der Waals surface area contributed by atoms with E-state index in [0.717, 1.165) is 11.2 Å². The number of hydrogen-bond donors (Lipinski definition) is 1. The molecule has 0 aliphatic carbocycles. The van der Waals surface area contributed by atoms with E-state index in [1.54, 1.807) is 13.1 Å². The third-order valence-corrected chi connectivity index (χ3v) is 4.92. The first-order chi connectivity index (χ1) is 13.4. The summed E-state index contributed by atoms with van der Waals surface area (Å²) in [6.07, 6.45) is 4.25. The van der Waals surface area contributed by atoms with Gasteiger partial charge in [0, 0.05) is 24.0 Å². The van der Waals surface area contributed by atoms with Gasteiger partial charge in [0.05, 0.1) is 17.9 Å². The standard InChI is InChI=1S/C19H19ClN6O2/c1-11(2)13-9-21-26-17(8-15(20)23-18(13)26)25(19(27)28)12(3)14-10-24-7-5-4-6-16(24)22-14/h4-12H,1-3H3,(H,27,28). The van der Waals surface area contributed by atoms with Gasteiger partial charge in [-0.15, -0.1) is 0 Å². The van der Waals surface area contributed by atoms with Gasteiger partial charge in [-0.3, -0.25) is 4.90 Å². The van der Waals surface area contributed by atoms with Gasteiger partial charge in [-0.05, 0) is 25.0 Å². The summed E-state index contributed by atoms with van der Waals surface area (Å²) in [7, 11) is 0. The zero-order valence-corrected chi connectivity index (χ0v) is 16.4. The van der Waals surface area contributed by atoms with Crippen molar-refractivity contribution < 1.29 is 9.90 Å². The fraction of sp³-hybridized carbons (Fsp3) is 0.263. The molecule has 4 aromatic rings.